The monoisotopic (exact) mass is 456 g/mol. The molecule has 0 fully saturated rings. The predicted molar refractivity (Wildman–Crippen MR) is 118 cm³/mol. The number of nitrogens with zero attached hydrogens (tertiary/aromatic N) is 1. The van der Waals surface area contributed by atoms with Gasteiger partial charge in [0.05, 0.1) is 11.6 Å². The van der Waals surface area contributed by atoms with Gasteiger partial charge in [-0.15, -0.1) is 11.8 Å². The number of carbonyl (C=O) groups is 1. The van der Waals surface area contributed by atoms with Crippen LogP contribution in [-0.2, 0) is 17.0 Å². The highest BCUT2D eigenvalue weighted by molar-refractivity contribution is 9.10. The number of hydrogen-bond acceptors (Lipinski definition) is 4. The minimum Gasteiger partial charge on any atom is -0.496 e. The van der Waals surface area contributed by atoms with Gasteiger partial charge in [-0.25, -0.2) is 0 Å². The SMILES string of the molecule is COc1ccc(CCC(=O)Nc2ccc(SCc3cccnc3)cc2)cc1Br. The van der Waals surface area contributed by atoms with Crippen LogP contribution in [0.1, 0.15) is 17.5 Å². The van der Waals surface area contributed by atoms with Crippen LogP contribution in [0.2, 0.25) is 0 Å². The molecular formula is C22H21BrN2O2S. The topological polar surface area (TPSA) is 51.2 Å². The van der Waals surface area contributed by atoms with Gasteiger partial charge in [0, 0.05) is 35.2 Å². The summed E-state index contributed by atoms with van der Waals surface area (Å²) in [6.45, 7) is 0. The van der Waals surface area contributed by atoms with Crippen molar-refractivity contribution in [3.8, 4) is 5.75 Å². The molecule has 0 unspecified atom stereocenters. The van der Waals surface area contributed by atoms with E-state index in [9.17, 15) is 4.79 Å². The van der Waals surface area contributed by atoms with Crippen molar-refractivity contribution in [1.29, 1.82) is 0 Å². The number of anilines is 1. The molecule has 0 aliphatic rings. The van der Waals surface area contributed by atoms with Crippen molar-refractivity contribution in [2.45, 2.75) is 23.5 Å². The number of nitrogens with one attached hydrogen (secondary N) is 1. The first-order chi connectivity index (χ1) is 13.6. The van der Waals surface area contributed by atoms with Crippen molar-refractivity contribution >= 4 is 39.3 Å². The summed E-state index contributed by atoms with van der Waals surface area (Å²) in [5.41, 5.74) is 3.09. The lowest BCUT2D eigenvalue weighted by Crippen LogP contribution is -2.12. The number of aromatic nitrogens is 1. The van der Waals surface area contributed by atoms with Crippen LogP contribution in [0, 0.1) is 0 Å². The van der Waals surface area contributed by atoms with Gasteiger partial charge in [0.2, 0.25) is 5.91 Å². The number of hydrogen-bond donors (Lipinski definition) is 1. The molecule has 1 N–H and O–H groups in total. The van der Waals surface area contributed by atoms with Crippen LogP contribution in [0.4, 0.5) is 5.69 Å². The second-order valence-electron chi connectivity index (χ2n) is 6.19. The summed E-state index contributed by atoms with van der Waals surface area (Å²) in [5, 5.41) is 2.96. The Morgan fingerprint density at radius 1 is 1.14 bits per heavy atom. The molecule has 0 aliphatic heterocycles. The summed E-state index contributed by atoms with van der Waals surface area (Å²) in [6.07, 6.45) is 4.76. The van der Waals surface area contributed by atoms with E-state index in [-0.39, 0.29) is 5.91 Å². The van der Waals surface area contributed by atoms with E-state index in [1.165, 1.54) is 5.56 Å². The Hall–Kier alpha value is -2.31. The molecule has 0 spiro atoms. The highest BCUT2D eigenvalue weighted by atomic mass is 79.9. The molecule has 1 aromatic heterocycles. The highest BCUT2D eigenvalue weighted by Gasteiger charge is 2.06. The van der Waals surface area contributed by atoms with E-state index in [1.807, 2.05) is 54.7 Å². The number of pyridine rings is 1. The van der Waals surface area contributed by atoms with E-state index < -0.39 is 0 Å². The summed E-state index contributed by atoms with van der Waals surface area (Å²) in [7, 11) is 1.63. The van der Waals surface area contributed by atoms with Crippen molar-refractivity contribution in [3.05, 3.63) is 82.6 Å². The van der Waals surface area contributed by atoms with Crippen molar-refractivity contribution in [2.75, 3.05) is 12.4 Å². The van der Waals surface area contributed by atoms with Gasteiger partial charge in [-0.1, -0.05) is 12.1 Å². The number of amides is 1. The van der Waals surface area contributed by atoms with Crippen LogP contribution in [0.25, 0.3) is 0 Å². The van der Waals surface area contributed by atoms with Gasteiger partial charge in [0.15, 0.2) is 0 Å². The number of rotatable bonds is 8. The molecule has 0 saturated carbocycles. The first kappa shape index (κ1) is 20.4. The Morgan fingerprint density at radius 3 is 2.64 bits per heavy atom. The molecule has 2 aromatic carbocycles. The van der Waals surface area contributed by atoms with Crippen molar-refractivity contribution in [2.24, 2.45) is 0 Å². The summed E-state index contributed by atoms with van der Waals surface area (Å²) >= 11 is 5.22. The van der Waals surface area contributed by atoms with Gasteiger partial charge in [0.1, 0.15) is 5.75 Å². The summed E-state index contributed by atoms with van der Waals surface area (Å²) in [5.74, 6) is 1.66. The van der Waals surface area contributed by atoms with E-state index in [0.717, 1.165) is 32.1 Å². The first-order valence-corrected chi connectivity index (χ1v) is 10.7. The number of thioether (sulfide) groups is 1. The van der Waals surface area contributed by atoms with E-state index in [0.29, 0.717) is 12.8 Å². The molecule has 1 amide bonds. The Bertz CT molecular complexity index is 918. The smallest absolute Gasteiger partial charge is 0.224 e. The number of aryl methyl sites for hydroxylation is 1. The molecule has 144 valence electrons. The average Bonchev–Trinajstić information content (AvgIpc) is 2.72. The lowest BCUT2D eigenvalue weighted by atomic mass is 10.1. The minimum atomic E-state index is 0.00250. The third kappa shape index (κ3) is 6.11. The van der Waals surface area contributed by atoms with Gasteiger partial charge in [-0.3, -0.25) is 9.78 Å². The third-order valence-corrected chi connectivity index (χ3v) is 5.83. The quantitative estimate of drug-likeness (QED) is 0.440. The second kappa shape index (κ2) is 10.3. The Labute approximate surface area is 177 Å². The fourth-order valence-corrected chi connectivity index (χ4v) is 4.05. The van der Waals surface area contributed by atoms with Crippen LogP contribution in [-0.4, -0.2) is 18.0 Å². The standard InChI is InChI=1S/C22H21BrN2O2S/c1-27-21-10-4-16(13-20(21)23)5-11-22(26)25-18-6-8-19(9-7-18)28-15-17-3-2-12-24-14-17/h2-4,6-10,12-14H,5,11,15H2,1H3,(H,25,26). The normalized spacial score (nSPS) is 10.5. The number of ether oxygens (including phenoxy) is 1. The van der Waals surface area contributed by atoms with Crippen LogP contribution >= 0.6 is 27.7 Å². The second-order valence-corrected chi connectivity index (χ2v) is 8.09. The van der Waals surface area contributed by atoms with Crippen LogP contribution < -0.4 is 10.1 Å². The molecule has 3 rings (SSSR count). The molecule has 6 heteroatoms. The zero-order chi connectivity index (χ0) is 19.8. The molecule has 28 heavy (non-hydrogen) atoms. The maximum absolute atomic E-state index is 12.2. The van der Waals surface area contributed by atoms with Gasteiger partial charge < -0.3 is 10.1 Å². The largest absolute Gasteiger partial charge is 0.496 e. The molecule has 1 heterocycles. The summed E-state index contributed by atoms with van der Waals surface area (Å²) in [6, 6.07) is 17.8. The van der Waals surface area contributed by atoms with E-state index >= 15 is 0 Å². The number of benzene rings is 2. The van der Waals surface area contributed by atoms with Crippen molar-refractivity contribution < 1.29 is 9.53 Å². The first-order valence-electron chi connectivity index (χ1n) is 8.88. The minimum absolute atomic E-state index is 0.00250. The van der Waals surface area contributed by atoms with Crippen LogP contribution in [0.3, 0.4) is 0 Å². The number of methoxy groups -OCH3 is 1. The summed E-state index contributed by atoms with van der Waals surface area (Å²) in [4.78, 5) is 17.5. The maximum atomic E-state index is 12.2. The van der Waals surface area contributed by atoms with Crippen molar-refractivity contribution in [3.63, 3.8) is 0 Å². The average molecular weight is 457 g/mol. The van der Waals surface area contributed by atoms with Crippen LogP contribution in [0.5, 0.6) is 5.75 Å². The molecular weight excluding hydrogens is 436 g/mol. The zero-order valence-electron chi connectivity index (χ0n) is 15.5. The lowest BCUT2D eigenvalue weighted by molar-refractivity contribution is -0.116. The molecule has 0 bridgehead atoms. The van der Waals surface area contributed by atoms with Gasteiger partial charge in [-0.2, -0.15) is 0 Å². The van der Waals surface area contributed by atoms with Gasteiger partial charge in [-0.05, 0) is 75.9 Å². The molecule has 0 saturated heterocycles. The Morgan fingerprint density at radius 2 is 1.96 bits per heavy atom. The molecule has 0 radical (unpaired) electrons. The molecule has 0 atom stereocenters. The number of carbonyl (C=O) groups excluding carboxylic acids is 1. The van der Waals surface area contributed by atoms with Gasteiger partial charge in [0.25, 0.3) is 0 Å². The zero-order valence-corrected chi connectivity index (χ0v) is 17.9. The maximum Gasteiger partial charge on any atom is 0.224 e. The fraction of sp³-hybridized carbons (Fsp3) is 0.182. The summed E-state index contributed by atoms with van der Waals surface area (Å²) < 4.78 is 6.12. The van der Waals surface area contributed by atoms with Crippen LogP contribution in [0.15, 0.2) is 76.4 Å². The fourth-order valence-electron chi connectivity index (χ4n) is 2.63. The molecule has 3 aromatic rings. The Balaban J connectivity index is 1.47. The van der Waals surface area contributed by atoms with Gasteiger partial charge >= 0.3 is 0 Å². The number of halogens is 1. The highest BCUT2D eigenvalue weighted by Crippen LogP contribution is 2.26. The molecule has 0 aliphatic carbocycles. The molecule has 4 nitrogen and oxygen atoms in total. The Kier molecular flexibility index (Phi) is 7.51. The van der Waals surface area contributed by atoms with E-state index in [4.69, 9.17) is 4.74 Å². The van der Waals surface area contributed by atoms with E-state index in [2.05, 4.69) is 32.3 Å². The van der Waals surface area contributed by atoms with Crippen molar-refractivity contribution in [1.82, 2.24) is 4.98 Å². The van der Waals surface area contributed by atoms with E-state index in [1.54, 1.807) is 25.1 Å². The lowest BCUT2D eigenvalue weighted by Gasteiger charge is -2.08. The predicted octanol–water partition coefficient (Wildman–Crippen LogP) is 5.72. The third-order valence-electron chi connectivity index (χ3n) is 4.12.